The summed E-state index contributed by atoms with van der Waals surface area (Å²) in [5.41, 5.74) is -0.276. The molecule has 0 spiro atoms. The van der Waals surface area contributed by atoms with E-state index in [1.165, 1.54) is 38.5 Å². The minimum Gasteiger partial charge on any atom is -0.493 e. The van der Waals surface area contributed by atoms with Gasteiger partial charge in [0, 0.05) is 29.7 Å². The minimum absolute atomic E-state index is 0.0119. The Kier molecular flexibility index (Phi) is 8.17. The lowest BCUT2D eigenvalue weighted by atomic mass is 9.95. The van der Waals surface area contributed by atoms with E-state index in [4.69, 9.17) is 14.2 Å². The highest BCUT2D eigenvalue weighted by molar-refractivity contribution is 6.03. The van der Waals surface area contributed by atoms with Crippen molar-refractivity contribution in [2.24, 2.45) is 5.41 Å². The first-order chi connectivity index (χ1) is 15.1. The van der Waals surface area contributed by atoms with Gasteiger partial charge in [0.05, 0.1) is 25.5 Å². The molecule has 2 amide bonds. The van der Waals surface area contributed by atoms with Gasteiger partial charge < -0.3 is 24.8 Å². The third-order valence-corrected chi connectivity index (χ3v) is 4.44. The molecule has 32 heavy (non-hydrogen) atoms. The van der Waals surface area contributed by atoms with Crippen molar-refractivity contribution in [1.29, 1.82) is 0 Å². The van der Waals surface area contributed by atoms with Crippen LogP contribution in [-0.2, 0) is 20.9 Å². The molecule has 0 unspecified atom stereocenters. The number of nitrogens with one attached hydrogen (secondary N) is 2. The van der Waals surface area contributed by atoms with Crippen LogP contribution in [-0.4, -0.2) is 38.6 Å². The number of carbonyl (C=O) groups is 3. The number of esters is 1. The van der Waals surface area contributed by atoms with Gasteiger partial charge in [-0.05, 0) is 6.07 Å². The number of carbonyl (C=O) groups excluding carboxylic acids is 3. The maximum atomic E-state index is 13.6. The molecule has 0 bridgehead atoms. The Labute approximate surface area is 186 Å². The lowest BCUT2D eigenvalue weighted by Gasteiger charge is -2.20. The van der Waals surface area contributed by atoms with Gasteiger partial charge in [-0.1, -0.05) is 39.0 Å². The van der Waals surface area contributed by atoms with Crippen molar-refractivity contribution < 1.29 is 33.0 Å². The van der Waals surface area contributed by atoms with Gasteiger partial charge in [0.25, 0.3) is 5.91 Å². The van der Waals surface area contributed by atoms with Gasteiger partial charge in [0.2, 0.25) is 5.91 Å². The quantitative estimate of drug-likeness (QED) is 0.603. The van der Waals surface area contributed by atoms with Gasteiger partial charge in [-0.3, -0.25) is 9.59 Å². The summed E-state index contributed by atoms with van der Waals surface area (Å²) in [7, 11) is 2.82. The van der Waals surface area contributed by atoms with E-state index in [1.54, 1.807) is 32.9 Å². The summed E-state index contributed by atoms with van der Waals surface area (Å²) in [5, 5.41) is 5.16. The molecule has 172 valence electrons. The maximum Gasteiger partial charge on any atom is 0.340 e. The highest BCUT2D eigenvalue weighted by Crippen LogP contribution is 2.34. The molecule has 0 saturated heterocycles. The second-order valence-corrected chi connectivity index (χ2v) is 7.90. The molecule has 0 aromatic heterocycles. The highest BCUT2D eigenvalue weighted by Gasteiger charge is 2.25. The number of ether oxygens (including phenoxy) is 3. The molecule has 0 saturated carbocycles. The topological polar surface area (TPSA) is 103 Å². The number of hydrogen-bond donors (Lipinski definition) is 2. The van der Waals surface area contributed by atoms with E-state index in [-0.39, 0.29) is 29.5 Å². The number of methoxy groups -OCH3 is 2. The summed E-state index contributed by atoms with van der Waals surface area (Å²) in [5.74, 6) is -1.69. The molecule has 0 radical (unpaired) electrons. The normalized spacial score (nSPS) is 10.8. The Morgan fingerprint density at radius 1 is 1.00 bits per heavy atom. The summed E-state index contributed by atoms with van der Waals surface area (Å²) in [4.78, 5) is 37.2. The fourth-order valence-electron chi connectivity index (χ4n) is 2.56. The monoisotopic (exact) mass is 446 g/mol. The van der Waals surface area contributed by atoms with E-state index in [1.807, 2.05) is 0 Å². The van der Waals surface area contributed by atoms with Crippen LogP contribution in [0.25, 0.3) is 0 Å². The van der Waals surface area contributed by atoms with Gasteiger partial charge in [0.15, 0.2) is 18.1 Å². The van der Waals surface area contributed by atoms with Crippen LogP contribution in [0.4, 0.5) is 10.1 Å². The van der Waals surface area contributed by atoms with Gasteiger partial charge in [-0.25, -0.2) is 9.18 Å². The number of amides is 2. The second kappa shape index (κ2) is 10.6. The Balaban J connectivity index is 2.13. The molecule has 0 aliphatic carbocycles. The molecule has 2 rings (SSSR count). The van der Waals surface area contributed by atoms with Crippen molar-refractivity contribution >= 4 is 23.5 Å². The summed E-state index contributed by atoms with van der Waals surface area (Å²) >= 11 is 0. The highest BCUT2D eigenvalue weighted by atomic mass is 19.1. The average molecular weight is 446 g/mol. The first-order valence-electron chi connectivity index (χ1n) is 9.81. The SMILES string of the molecule is COc1cc(NC(=O)C(C)(C)C)c(C(=O)OCC(=O)NCc2ccccc2F)cc1OC. The second-order valence-electron chi connectivity index (χ2n) is 7.90. The first-order valence-corrected chi connectivity index (χ1v) is 9.81. The molecule has 0 heterocycles. The van der Waals surface area contributed by atoms with Crippen molar-refractivity contribution in [1.82, 2.24) is 5.32 Å². The Morgan fingerprint density at radius 3 is 2.22 bits per heavy atom. The van der Waals surface area contributed by atoms with E-state index in [9.17, 15) is 18.8 Å². The third kappa shape index (κ3) is 6.44. The molecule has 0 aliphatic heterocycles. The molecule has 0 atom stereocenters. The average Bonchev–Trinajstić information content (AvgIpc) is 2.75. The molecule has 2 aromatic carbocycles. The number of benzene rings is 2. The molecular formula is C23H27FN2O6. The smallest absolute Gasteiger partial charge is 0.340 e. The zero-order chi connectivity index (χ0) is 23.9. The Morgan fingerprint density at radius 2 is 1.62 bits per heavy atom. The fraction of sp³-hybridized carbons (Fsp3) is 0.348. The molecule has 0 fully saturated rings. The lowest BCUT2D eigenvalue weighted by Crippen LogP contribution is -2.30. The molecule has 0 aliphatic rings. The van der Waals surface area contributed by atoms with E-state index in [2.05, 4.69) is 10.6 Å². The first kappa shape index (κ1) is 24.6. The summed E-state index contributed by atoms with van der Waals surface area (Å²) in [6, 6.07) is 8.81. The van der Waals surface area contributed by atoms with Crippen molar-refractivity contribution in [3.05, 3.63) is 53.3 Å². The number of hydrogen-bond acceptors (Lipinski definition) is 6. The van der Waals surface area contributed by atoms with Crippen molar-refractivity contribution in [2.75, 3.05) is 26.1 Å². The van der Waals surface area contributed by atoms with Crippen molar-refractivity contribution in [2.45, 2.75) is 27.3 Å². The Hall–Kier alpha value is -3.62. The number of anilines is 1. The van der Waals surface area contributed by atoms with E-state index in [0.717, 1.165) is 0 Å². The standard InChI is InChI=1S/C23H27FN2O6/c1-23(2,3)22(29)26-17-11-19(31-5)18(30-4)10-15(17)21(28)32-13-20(27)25-12-14-8-6-7-9-16(14)24/h6-11H,12-13H2,1-5H3,(H,25,27)(H,26,29). The predicted molar refractivity (Wildman–Crippen MR) is 116 cm³/mol. The van der Waals surface area contributed by atoms with Crippen LogP contribution in [0.1, 0.15) is 36.7 Å². The lowest BCUT2D eigenvalue weighted by molar-refractivity contribution is -0.124. The zero-order valence-corrected chi connectivity index (χ0v) is 18.7. The molecule has 2 N–H and O–H groups in total. The molecular weight excluding hydrogens is 419 g/mol. The predicted octanol–water partition coefficient (Wildman–Crippen LogP) is 3.30. The molecule has 2 aromatic rings. The van der Waals surface area contributed by atoms with Gasteiger partial charge >= 0.3 is 5.97 Å². The largest absolute Gasteiger partial charge is 0.493 e. The number of halogens is 1. The Bertz CT molecular complexity index is 1000. The molecule has 9 heteroatoms. The van der Waals surface area contributed by atoms with Crippen LogP contribution < -0.4 is 20.1 Å². The number of rotatable bonds is 8. The summed E-state index contributed by atoms with van der Waals surface area (Å²) in [6.07, 6.45) is 0. The summed E-state index contributed by atoms with van der Waals surface area (Å²) in [6.45, 7) is 4.53. The van der Waals surface area contributed by atoms with Gasteiger partial charge in [0.1, 0.15) is 5.82 Å². The van der Waals surface area contributed by atoms with E-state index in [0.29, 0.717) is 11.3 Å². The van der Waals surface area contributed by atoms with Crippen LogP contribution in [0.3, 0.4) is 0 Å². The van der Waals surface area contributed by atoms with Crippen LogP contribution in [0.5, 0.6) is 11.5 Å². The van der Waals surface area contributed by atoms with Crippen LogP contribution in [0, 0.1) is 11.2 Å². The maximum absolute atomic E-state index is 13.6. The zero-order valence-electron chi connectivity index (χ0n) is 18.7. The van der Waals surface area contributed by atoms with Crippen molar-refractivity contribution in [3.8, 4) is 11.5 Å². The van der Waals surface area contributed by atoms with Crippen molar-refractivity contribution in [3.63, 3.8) is 0 Å². The molecule has 8 nitrogen and oxygen atoms in total. The third-order valence-electron chi connectivity index (χ3n) is 4.44. The van der Waals surface area contributed by atoms with Crippen LogP contribution in [0.15, 0.2) is 36.4 Å². The van der Waals surface area contributed by atoms with E-state index < -0.39 is 29.7 Å². The minimum atomic E-state index is -0.851. The van der Waals surface area contributed by atoms with Gasteiger partial charge in [-0.15, -0.1) is 0 Å². The van der Waals surface area contributed by atoms with E-state index >= 15 is 0 Å². The van der Waals surface area contributed by atoms with Gasteiger partial charge in [-0.2, -0.15) is 0 Å². The van der Waals surface area contributed by atoms with Crippen LogP contribution >= 0.6 is 0 Å². The summed E-state index contributed by atoms with van der Waals surface area (Å²) < 4.78 is 29.2. The van der Waals surface area contributed by atoms with Crippen LogP contribution in [0.2, 0.25) is 0 Å². The fourth-order valence-corrected chi connectivity index (χ4v) is 2.56.